The molecule has 0 atom stereocenters. The number of aryl methyl sites for hydroxylation is 1. The molecule has 1 amide bonds. The van der Waals surface area contributed by atoms with E-state index in [0.717, 1.165) is 22.7 Å². The van der Waals surface area contributed by atoms with Gasteiger partial charge in [-0.1, -0.05) is 18.2 Å². The van der Waals surface area contributed by atoms with E-state index in [2.05, 4.69) is 15.3 Å². The Balaban J connectivity index is 1.68. The monoisotopic (exact) mass is 377 g/mol. The van der Waals surface area contributed by atoms with Crippen molar-refractivity contribution in [2.45, 2.75) is 19.5 Å². The van der Waals surface area contributed by atoms with Crippen LogP contribution in [-0.2, 0) is 12.6 Å². The number of thiazole rings is 1. The van der Waals surface area contributed by atoms with Gasteiger partial charge in [-0.3, -0.25) is 15.1 Å². The van der Waals surface area contributed by atoms with E-state index in [1.807, 2.05) is 6.92 Å². The van der Waals surface area contributed by atoms with E-state index >= 15 is 0 Å². The minimum absolute atomic E-state index is 0.309. The topological polar surface area (TPSA) is 54.9 Å². The lowest BCUT2D eigenvalue weighted by molar-refractivity contribution is -0.137. The van der Waals surface area contributed by atoms with Gasteiger partial charge in [0.25, 0.3) is 5.91 Å². The van der Waals surface area contributed by atoms with E-state index in [1.54, 1.807) is 24.4 Å². The number of pyridine rings is 1. The molecule has 2 aromatic heterocycles. The van der Waals surface area contributed by atoms with Gasteiger partial charge in [0.1, 0.15) is 0 Å². The summed E-state index contributed by atoms with van der Waals surface area (Å²) in [6.07, 6.45) is -1.04. The van der Waals surface area contributed by atoms with Crippen molar-refractivity contribution in [2.24, 2.45) is 0 Å². The highest BCUT2D eigenvalue weighted by molar-refractivity contribution is 7.15. The van der Waals surface area contributed by atoms with Crippen LogP contribution in [0.2, 0.25) is 0 Å². The fraction of sp³-hybridized carbons (Fsp3) is 0.167. The number of carbonyl (C=O) groups is 1. The minimum Gasteiger partial charge on any atom is -0.298 e. The van der Waals surface area contributed by atoms with Crippen molar-refractivity contribution in [1.82, 2.24) is 9.97 Å². The van der Waals surface area contributed by atoms with Gasteiger partial charge in [0, 0.05) is 29.4 Å². The third-order valence-corrected chi connectivity index (χ3v) is 4.49. The van der Waals surface area contributed by atoms with Crippen LogP contribution < -0.4 is 5.32 Å². The molecule has 0 unspecified atom stereocenters. The maximum absolute atomic E-state index is 12.8. The second kappa shape index (κ2) is 7.25. The van der Waals surface area contributed by atoms with Crippen LogP contribution in [-0.4, -0.2) is 15.9 Å². The molecule has 0 radical (unpaired) electrons. The van der Waals surface area contributed by atoms with Crippen LogP contribution in [0, 0.1) is 6.92 Å². The molecule has 0 spiro atoms. The van der Waals surface area contributed by atoms with Crippen molar-refractivity contribution in [3.63, 3.8) is 0 Å². The van der Waals surface area contributed by atoms with Gasteiger partial charge in [-0.05, 0) is 30.7 Å². The predicted octanol–water partition coefficient (Wildman–Crippen LogP) is 4.71. The van der Waals surface area contributed by atoms with Crippen LogP contribution in [0.25, 0.3) is 0 Å². The van der Waals surface area contributed by atoms with Gasteiger partial charge in [-0.2, -0.15) is 13.2 Å². The van der Waals surface area contributed by atoms with Crippen LogP contribution in [0.3, 0.4) is 0 Å². The highest BCUT2D eigenvalue weighted by Gasteiger charge is 2.30. The van der Waals surface area contributed by atoms with Crippen LogP contribution in [0.1, 0.15) is 32.1 Å². The van der Waals surface area contributed by atoms with Gasteiger partial charge in [0.05, 0.1) is 11.1 Å². The van der Waals surface area contributed by atoms with Gasteiger partial charge in [-0.25, -0.2) is 4.98 Å². The number of aromatic nitrogens is 2. The highest BCUT2D eigenvalue weighted by Crippen LogP contribution is 2.30. The van der Waals surface area contributed by atoms with Gasteiger partial charge < -0.3 is 0 Å². The lowest BCUT2D eigenvalue weighted by atomic mass is 10.1. The smallest absolute Gasteiger partial charge is 0.298 e. The molecular weight excluding hydrogens is 363 g/mol. The standard InChI is InChI=1S/C18H14F3N3OS/c1-11-5-6-13(9-22-11)16(25)24-17-23-10-15(26-17)8-12-3-2-4-14(7-12)18(19,20)21/h2-7,9-10H,8H2,1H3,(H,23,24,25). The molecular formula is C18H14F3N3OS. The Bertz CT molecular complexity index is 920. The Morgan fingerprint density at radius 2 is 1.96 bits per heavy atom. The maximum atomic E-state index is 12.8. The molecule has 26 heavy (non-hydrogen) atoms. The van der Waals surface area contributed by atoms with Crippen molar-refractivity contribution < 1.29 is 18.0 Å². The van der Waals surface area contributed by atoms with Crippen LogP contribution >= 0.6 is 11.3 Å². The zero-order chi connectivity index (χ0) is 18.7. The van der Waals surface area contributed by atoms with Crippen molar-refractivity contribution in [3.05, 3.63) is 76.1 Å². The summed E-state index contributed by atoms with van der Waals surface area (Å²) in [7, 11) is 0. The Kier molecular flexibility index (Phi) is 5.03. The predicted molar refractivity (Wildman–Crippen MR) is 93.3 cm³/mol. The second-order valence-corrected chi connectivity index (χ2v) is 6.76. The average molecular weight is 377 g/mol. The van der Waals surface area contributed by atoms with Gasteiger partial charge in [0.2, 0.25) is 0 Å². The van der Waals surface area contributed by atoms with Crippen molar-refractivity contribution in [2.75, 3.05) is 5.32 Å². The first-order valence-corrected chi connectivity index (χ1v) is 8.48. The lowest BCUT2D eigenvalue weighted by Crippen LogP contribution is -2.11. The van der Waals surface area contributed by atoms with Gasteiger partial charge in [0.15, 0.2) is 5.13 Å². The summed E-state index contributed by atoms with van der Waals surface area (Å²) in [6.45, 7) is 1.82. The molecule has 134 valence electrons. The summed E-state index contributed by atoms with van der Waals surface area (Å²) in [5.41, 5.74) is 1.06. The maximum Gasteiger partial charge on any atom is 0.416 e. The molecule has 8 heteroatoms. The van der Waals surface area contributed by atoms with E-state index in [4.69, 9.17) is 0 Å². The van der Waals surface area contributed by atoms with E-state index in [-0.39, 0.29) is 5.91 Å². The Labute approximate surface area is 151 Å². The average Bonchev–Trinajstić information content (AvgIpc) is 3.02. The molecule has 0 saturated heterocycles. The Morgan fingerprint density at radius 3 is 2.65 bits per heavy atom. The van der Waals surface area contributed by atoms with Crippen LogP contribution in [0.4, 0.5) is 18.3 Å². The number of amides is 1. The molecule has 2 heterocycles. The quantitative estimate of drug-likeness (QED) is 0.717. The number of alkyl halides is 3. The molecule has 3 rings (SSSR count). The first-order valence-electron chi connectivity index (χ1n) is 7.66. The number of halogens is 3. The Hall–Kier alpha value is -2.74. The number of rotatable bonds is 4. The molecule has 4 nitrogen and oxygen atoms in total. The largest absolute Gasteiger partial charge is 0.416 e. The van der Waals surface area contributed by atoms with E-state index in [0.29, 0.717) is 22.7 Å². The third-order valence-electron chi connectivity index (χ3n) is 3.58. The number of nitrogens with zero attached hydrogens (tertiary/aromatic N) is 2. The lowest BCUT2D eigenvalue weighted by Gasteiger charge is -2.07. The van der Waals surface area contributed by atoms with Gasteiger partial charge >= 0.3 is 6.18 Å². The molecule has 0 aliphatic rings. The van der Waals surface area contributed by atoms with E-state index in [1.165, 1.54) is 23.6 Å². The molecule has 1 aromatic carbocycles. The van der Waals surface area contributed by atoms with E-state index in [9.17, 15) is 18.0 Å². The molecule has 0 aliphatic carbocycles. The zero-order valence-corrected chi connectivity index (χ0v) is 14.5. The summed E-state index contributed by atoms with van der Waals surface area (Å²) in [5, 5.41) is 3.05. The molecule has 3 aromatic rings. The Morgan fingerprint density at radius 1 is 1.15 bits per heavy atom. The normalized spacial score (nSPS) is 11.4. The van der Waals surface area contributed by atoms with Crippen LogP contribution in [0.15, 0.2) is 48.8 Å². The first kappa shape index (κ1) is 18.1. The number of hydrogen-bond donors (Lipinski definition) is 1. The fourth-order valence-corrected chi connectivity index (χ4v) is 3.12. The summed E-state index contributed by atoms with van der Waals surface area (Å²) < 4.78 is 38.3. The first-order chi connectivity index (χ1) is 12.3. The fourth-order valence-electron chi connectivity index (χ4n) is 2.28. The minimum atomic E-state index is -4.37. The number of anilines is 1. The number of hydrogen-bond acceptors (Lipinski definition) is 4. The molecule has 1 N–H and O–H groups in total. The summed E-state index contributed by atoms with van der Waals surface area (Å²) in [6, 6.07) is 8.56. The highest BCUT2D eigenvalue weighted by atomic mass is 32.1. The third kappa shape index (κ3) is 4.45. The summed E-state index contributed by atoms with van der Waals surface area (Å²) in [4.78, 5) is 21.1. The summed E-state index contributed by atoms with van der Waals surface area (Å²) >= 11 is 1.22. The zero-order valence-electron chi connectivity index (χ0n) is 13.7. The number of carbonyl (C=O) groups excluding carboxylic acids is 1. The number of nitrogens with one attached hydrogen (secondary N) is 1. The molecule has 0 saturated carbocycles. The summed E-state index contributed by atoms with van der Waals surface area (Å²) in [5.74, 6) is -0.336. The van der Waals surface area contributed by atoms with Crippen molar-refractivity contribution in [1.29, 1.82) is 0 Å². The van der Waals surface area contributed by atoms with Crippen molar-refractivity contribution in [3.8, 4) is 0 Å². The van der Waals surface area contributed by atoms with Gasteiger partial charge in [-0.15, -0.1) is 11.3 Å². The van der Waals surface area contributed by atoms with E-state index < -0.39 is 11.7 Å². The SMILES string of the molecule is Cc1ccc(C(=O)Nc2ncc(Cc3cccc(C(F)(F)F)c3)s2)cn1. The van der Waals surface area contributed by atoms with Crippen LogP contribution in [0.5, 0.6) is 0 Å². The molecule has 0 fully saturated rings. The molecule has 0 bridgehead atoms. The molecule has 0 aliphatic heterocycles. The number of benzene rings is 1. The second-order valence-electron chi connectivity index (χ2n) is 5.65. The van der Waals surface area contributed by atoms with Crippen molar-refractivity contribution >= 4 is 22.4 Å².